The van der Waals surface area contributed by atoms with Crippen LogP contribution in [0.1, 0.15) is 38.2 Å². The lowest BCUT2D eigenvalue weighted by Gasteiger charge is -2.44. The first-order valence-electron chi connectivity index (χ1n) is 8.51. The van der Waals surface area contributed by atoms with Crippen LogP contribution >= 0.6 is 0 Å². The van der Waals surface area contributed by atoms with Crippen molar-refractivity contribution in [3.8, 4) is 6.07 Å². The molecule has 2 heterocycles. The van der Waals surface area contributed by atoms with Crippen LogP contribution in [0.25, 0.3) is 0 Å². The summed E-state index contributed by atoms with van der Waals surface area (Å²) in [5, 5.41) is 9.79. The molecule has 0 aliphatic carbocycles. The Morgan fingerprint density at radius 3 is 2.64 bits per heavy atom. The monoisotopic (exact) mass is 298 g/mol. The number of nitriles is 1. The van der Waals surface area contributed by atoms with Crippen LogP contribution in [0.4, 0.5) is 0 Å². The molecular weight excluding hydrogens is 272 g/mol. The van der Waals surface area contributed by atoms with Crippen molar-refractivity contribution in [2.24, 2.45) is 11.3 Å². The Morgan fingerprint density at radius 2 is 2.00 bits per heavy atom. The molecule has 0 spiro atoms. The van der Waals surface area contributed by atoms with Gasteiger partial charge in [-0.1, -0.05) is 30.3 Å². The minimum Gasteiger partial charge on any atom is -0.378 e. The summed E-state index contributed by atoms with van der Waals surface area (Å²) in [6.45, 7) is 6.11. The molecule has 3 rings (SSSR count). The fraction of sp³-hybridized carbons (Fsp3) is 0.632. The summed E-state index contributed by atoms with van der Waals surface area (Å²) in [5.41, 5.74) is 1.24. The first kappa shape index (κ1) is 15.5. The maximum atomic E-state index is 9.79. The van der Waals surface area contributed by atoms with Gasteiger partial charge in [0.1, 0.15) is 0 Å². The predicted molar refractivity (Wildman–Crippen MR) is 87.1 cm³/mol. The van der Waals surface area contributed by atoms with Gasteiger partial charge in [-0.2, -0.15) is 5.26 Å². The summed E-state index contributed by atoms with van der Waals surface area (Å²) in [6.07, 6.45) is 4.35. The van der Waals surface area contributed by atoms with Gasteiger partial charge in [-0.25, -0.2) is 0 Å². The largest absolute Gasteiger partial charge is 0.378 e. The van der Waals surface area contributed by atoms with Gasteiger partial charge in [-0.3, -0.25) is 4.90 Å². The zero-order chi connectivity index (χ0) is 15.4. The molecule has 0 aromatic heterocycles. The Kier molecular flexibility index (Phi) is 4.81. The van der Waals surface area contributed by atoms with Gasteiger partial charge in [-0.15, -0.1) is 0 Å². The van der Waals surface area contributed by atoms with Gasteiger partial charge in [-0.05, 0) is 57.2 Å². The van der Waals surface area contributed by atoms with Crippen molar-refractivity contribution in [1.29, 1.82) is 5.26 Å². The van der Waals surface area contributed by atoms with Gasteiger partial charge in [0.25, 0.3) is 0 Å². The SMILES string of the molecule is CC1CC(C#N)(C2CCN(Cc3ccccc3)CC2)CCO1. The van der Waals surface area contributed by atoms with E-state index in [4.69, 9.17) is 4.74 Å². The van der Waals surface area contributed by atoms with Crippen LogP contribution < -0.4 is 0 Å². The average molecular weight is 298 g/mol. The van der Waals surface area contributed by atoms with Crippen LogP contribution in [0.2, 0.25) is 0 Å². The molecule has 0 N–H and O–H groups in total. The molecule has 2 atom stereocenters. The van der Waals surface area contributed by atoms with Crippen LogP contribution in [0.3, 0.4) is 0 Å². The number of nitrogens with zero attached hydrogens (tertiary/aromatic N) is 2. The van der Waals surface area contributed by atoms with E-state index in [2.05, 4.69) is 48.2 Å². The second kappa shape index (κ2) is 6.81. The molecule has 2 aliphatic rings. The van der Waals surface area contributed by atoms with Gasteiger partial charge in [0.2, 0.25) is 0 Å². The van der Waals surface area contributed by atoms with E-state index >= 15 is 0 Å². The number of piperidine rings is 1. The van der Waals surface area contributed by atoms with Crippen molar-refractivity contribution >= 4 is 0 Å². The minimum atomic E-state index is -0.142. The van der Waals surface area contributed by atoms with E-state index in [0.29, 0.717) is 5.92 Å². The van der Waals surface area contributed by atoms with Crippen molar-refractivity contribution in [3.05, 3.63) is 35.9 Å². The Bertz CT molecular complexity index is 516. The third-order valence-electron chi connectivity index (χ3n) is 5.44. The van der Waals surface area contributed by atoms with Crippen LogP contribution in [0.5, 0.6) is 0 Å². The van der Waals surface area contributed by atoms with Crippen LogP contribution in [-0.2, 0) is 11.3 Å². The van der Waals surface area contributed by atoms with E-state index in [9.17, 15) is 5.26 Å². The van der Waals surface area contributed by atoms with E-state index in [1.54, 1.807) is 0 Å². The second-order valence-corrected chi connectivity index (χ2v) is 6.94. The molecule has 2 unspecified atom stereocenters. The highest BCUT2D eigenvalue weighted by atomic mass is 16.5. The molecular formula is C19H26N2O. The molecule has 3 heteroatoms. The molecule has 22 heavy (non-hydrogen) atoms. The van der Waals surface area contributed by atoms with Gasteiger partial charge in [0.05, 0.1) is 17.6 Å². The summed E-state index contributed by atoms with van der Waals surface area (Å²) < 4.78 is 5.66. The number of hydrogen-bond acceptors (Lipinski definition) is 3. The molecule has 118 valence electrons. The minimum absolute atomic E-state index is 0.142. The fourth-order valence-corrected chi connectivity index (χ4v) is 4.17. The number of ether oxygens (including phenoxy) is 1. The molecule has 2 fully saturated rings. The standard InChI is InChI=1S/C19H26N2O/c1-16-13-19(15-20,9-12-22-16)18-7-10-21(11-8-18)14-17-5-3-2-4-6-17/h2-6,16,18H,7-14H2,1H3. The quantitative estimate of drug-likeness (QED) is 0.855. The Labute approximate surface area is 133 Å². The van der Waals surface area contributed by atoms with E-state index in [0.717, 1.165) is 51.9 Å². The molecule has 3 nitrogen and oxygen atoms in total. The summed E-state index contributed by atoms with van der Waals surface area (Å²) >= 11 is 0. The average Bonchev–Trinajstić information content (AvgIpc) is 2.56. The Balaban J connectivity index is 1.58. The summed E-state index contributed by atoms with van der Waals surface area (Å²) in [7, 11) is 0. The van der Waals surface area contributed by atoms with Crippen LogP contribution in [-0.4, -0.2) is 30.7 Å². The third-order valence-corrected chi connectivity index (χ3v) is 5.44. The number of benzene rings is 1. The Morgan fingerprint density at radius 1 is 1.27 bits per heavy atom. The fourth-order valence-electron chi connectivity index (χ4n) is 4.17. The first-order chi connectivity index (χ1) is 10.7. The van der Waals surface area contributed by atoms with Gasteiger partial charge in [0, 0.05) is 13.2 Å². The lowest BCUT2D eigenvalue weighted by Crippen LogP contribution is -2.44. The van der Waals surface area contributed by atoms with E-state index < -0.39 is 0 Å². The lowest BCUT2D eigenvalue weighted by atomic mass is 9.66. The second-order valence-electron chi connectivity index (χ2n) is 6.94. The van der Waals surface area contributed by atoms with E-state index in [1.165, 1.54) is 5.56 Å². The van der Waals surface area contributed by atoms with Crippen molar-refractivity contribution < 1.29 is 4.74 Å². The molecule has 1 aromatic rings. The van der Waals surface area contributed by atoms with Crippen molar-refractivity contribution in [3.63, 3.8) is 0 Å². The normalized spacial score (nSPS) is 30.8. The van der Waals surface area contributed by atoms with Gasteiger partial charge >= 0.3 is 0 Å². The molecule has 0 bridgehead atoms. The zero-order valence-corrected chi connectivity index (χ0v) is 13.5. The lowest BCUT2D eigenvalue weighted by molar-refractivity contribution is -0.0497. The van der Waals surface area contributed by atoms with Crippen molar-refractivity contribution in [1.82, 2.24) is 4.90 Å². The highest BCUT2D eigenvalue weighted by Gasteiger charge is 2.43. The third kappa shape index (κ3) is 3.34. The maximum absolute atomic E-state index is 9.79. The summed E-state index contributed by atoms with van der Waals surface area (Å²) in [4.78, 5) is 2.53. The van der Waals surface area contributed by atoms with Crippen molar-refractivity contribution in [2.45, 2.75) is 45.3 Å². The number of hydrogen-bond donors (Lipinski definition) is 0. The number of rotatable bonds is 3. The maximum Gasteiger partial charge on any atom is 0.0694 e. The molecule has 2 aliphatic heterocycles. The highest BCUT2D eigenvalue weighted by Crippen LogP contribution is 2.44. The van der Waals surface area contributed by atoms with Gasteiger partial charge < -0.3 is 4.74 Å². The highest BCUT2D eigenvalue weighted by molar-refractivity contribution is 5.14. The van der Waals surface area contributed by atoms with E-state index in [-0.39, 0.29) is 11.5 Å². The Hall–Kier alpha value is -1.37. The van der Waals surface area contributed by atoms with Crippen LogP contribution in [0.15, 0.2) is 30.3 Å². The smallest absolute Gasteiger partial charge is 0.0694 e. The molecule has 0 radical (unpaired) electrons. The number of likely N-dealkylation sites (tertiary alicyclic amines) is 1. The first-order valence-corrected chi connectivity index (χ1v) is 8.51. The molecule has 0 saturated carbocycles. The molecule has 0 amide bonds. The topological polar surface area (TPSA) is 36.3 Å². The predicted octanol–water partition coefficient (Wildman–Crippen LogP) is 3.61. The zero-order valence-electron chi connectivity index (χ0n) is 13.5. The molecule has 1 aromatic carbocycles. The summed E-state index contributed by atoms with van der Waals surface area (Å²) in [6, 6.07) is 13.4. The van der Waals surface area contributed by atoms with Gasteiger partial charge in [0.15, 0.2) is 0 Å². The van der Waals surface area contributed by atoms with E-state index in [1.807, 2.05) is 0 Å². The van der Waals surface area contributed by atoms with Crippen molar-refractivity contribution in [2.75, 3.05) is 19.7 Å². The van der Waals surface area contributed by atoms with Crippen LogP contribution in [0, 0.1) is 22.7 Å². The summed E-state index contributed by atoms with van der Waals surface area (Å²) in [5.74, 6) is 0.538. The molecule has 2 saturated heterocycles.